The van der Waals surface area contributed by atoms with E-state index < -0.39 is 0 Å². The number of benzene rings is 1. The van der Waals surface area contributed by atoms with E-state index in [4.69, 9.17) is 0 Å². The number of hydrogen-bond acceptors (Lipinski definition) is 1. The third-order valence-corrected chi connectivity index (χ3v) is 3.74. The van der Waals surface area contributed by atoms with Crippen molar-refractivity contribution >= 4 is 0 Å². The van der Waals surface area contributed by atoms with E-state index in [0.29, 0.717) is 0 Å². The molecule has 1 aliphatic rings. The Balaban J connectivity index is 2.08. The Bertz CT molecular complexity index is 425. The molecule has 1 aromatic rings. The monoisotopic (exact) mass is 261 g/mol. The van der Waals surface area contributed by atoms with E-state index in [1.807, 2.05) is 6.07 Å². The Kier molecular flexibility index (Phi) is 5.59. The number of nitrogens with one attached hydrogen (secondary N) is 1. The number of rotatable bonds is 6. The van der Waals surface area contributed by atoms with Gasteiger partial charge in [0.2, 0.25) is 0 Å². The fraction of sp³-hybridized carbons (Fsp3) is 0.529. The van der Waals surface area contributed by atoms with E-state index in [1.54, 1.807) is 12.1 Å². The molecule has 0 spiro atoms. The van der Waals surface area contributed by atoms with E-state index in [2.05, 4.69) is 18.3 Å². The largest absolute Gasteiger partial charge is 0.310 e. The van der Waals surface area contributed by atoms with Crippen molar-refractivity contribution in [2.75, 3.05) is 6.54 Å². The van der Waals surface area contributed by atoms with Crippen LogP contribution < -0.4 is 5.32 Å². The first kappa shape index (κ1) is 14.3. The van der Waals surface area contributed by atoms with Gasteiger partial charge in [0.05, 0.1) is 0 Å². The summed E-state index contributed by atoms with van der Waals surface area (Å²) in [4.78, 5) is 0. The quantitative estimate of drug-likeness (QED) is 0.728. The van der Waals surface area contributed by atoms with Crippen LogP contribution in [0.2, 0.25) is 0 Å². The molecule has 1 N–H and O–H groups in total. The molecule has 1 nitrogen and oxygen atoms in total. The van der Waals surface area contributed by atoms with Crippen molar-refractivity contribution in [2.24, 2.45) is 0 Å². The maximum absolute atomic E-state index is 13.4. The third kappa shape index (κ3) is 4.46. The molecule has 104 valence electrons. The molecular weight excluding hydrogens is 237 g/mol. The molecule has 0 heterocycles. The topological polar surface area (TPSA) is 12.0 Å². The molecular formula is C17H24FN. The van der Waals surface area contributed by atoms with Crippen LogP contribution in [-0.2, 0) is 0 Å². The minimum atomic E-state index is -0.140. The zero-order valence-electron chi connectivity index (χ0n) is 11.8. The first-order valence-electron chi connectivity index (χ1n) is 7.46. The second-order valence-electron chi connectivity index (χ2n) is 5.37. The minimum absolute atomic E-state index is 0.140. The lowest BCUT2D eigenvalue weighted by molar-refractivity contribution is 0.508. The standard InChI is InChI=1S/C17H24FN/c1-2-11-19-17(12-14-7-4-3-5-8-14)15-9-6-10-16(18)13-15/h6-7,9-10,13,17,19H,2-5,8,11-12H2,1H3. The zero-order valence-corrected chi connectivity index (χ0v) is 11.8. The van der Waals surface area contributed by atoms with Crippen molar-refractivity contribution in [1.29, 1.82) is 0 Å². The fourth-order valence-electron chi connectivity index (χ4n) is 2.70. The molecule has 0 radical (unpaired) electrons. The van der Waals surface area contributed by atoms with Gasteiger partial charge in [-0.25, -0.2) is 4.39 Å². The summed E-state index contributed by atoms with van der Waals surface area (Å²) in [6.07, 6.45) is 9.53. The lowest BCUT2D eigenvalue weighted by atomic mass is 9.91. The Morgan fingerprint density at radius 3 is 2.89 bits per heavy atom. The summed E-state index contributed by atoms with van der Waals surface area (Å²) in [5, 5.41) is 3.55. The summed E-state index contributed by atoms with van der Waals surface area (Å²) in [5.41, 5.74) is 2.60. The second kappa shape index (κ2) is 7.44. The summed E-state index contributed by atoms with van der Waals surface area (Å²) in [6, 6.07) is 7.26. The third-order valence-electron chi connectivity index (χ3n) is 3.74. The zero-order chi connectivity index (χ0) is 13.5. The molecule has 0 aromatic heterocycles. The maximum atomic E-state index is 13.4. The molecule has 0 bridgehead atoms. The van der Waals surface area contributed by atoms with E-state index >= 15 is 0 Å². The van der Waals surface area contributed by atoms with Gasteiger partial charge in [0.15, 0.2) is 0 Å². The highest BCUT2D eigenvalue weighted by molar-refractivity contribution is 5.22. The average Bonchev–Trinajstić information content (AvgIpc) is 2.44. The molecule has 0 saturated carbocycles. The fourth-order valence-corrected chi connectivity index (χ4v) is 2.70. The molecule has 2 rings (SSSR count). The first-order valence-corrected chi connectivity index (χ1v) is 7.46. The Morgan fingerprint density at radius 2 is 2.21 bits per heavy atom. The van der Waals surface area contributed by atoms with Gasteiger partial charge in [0.1, 0.15) is 5.82 Å². The lowest BCUT2D eigenvalue weighted by Crippen LogP contribution is -2.23. The minimum Gasteiger partial charge on any atom is -0.310 e. The number of hydrogen-bond donors (Lipinski definition) is 1. The van der Waals surface area contributed by atoms with Crippen molar-refractivity contribution in [1.82, 2.24) is 5.32 Å². The van der Waals surface area contributed by atoms with Gasteiger partial charge in [-0.2, -0.15) is 0 Å². The first-order chi connectivity index (χ1) is 9.29. The predicted octanol–water partition coefficient (Wildman–Crippen LogP) is 4.76. The summed E-state index contributed by atoms with van der Waals surface area (Å²) in [7, 11) is 0. The van der Waals surface area contributed by atoms with Gasteiger partial charge in [-0.05, 0) is 62.8 Å². The van der Waals surface area contributed by atoms with Crippen molar-refractivity contribution in [3.63, 3.8) is 0 Å². The van der Waals surface area contributed by atoms with Gasteiger partial charge < -0.3 is 5.32 Å². The lowest BCUT2D eigenvalue weighted by Gasteiger charge is -2.22. The highest BCUT2D eigenvalue weighted by atomic mass is 19.1. The molecule has 1 aliphatic carbocycles. The molecule has 1 atom stereocenters. The van der Waals surface area contributed by atoms with Crippen LogP contribution >= 0.6 is 0 Å². The highest BCUT2D eigenvalue weighted by Gasteiger charge is 2.14. The van der Waals surface area contributed by atoms with E-state index in [9.17, 15) is 4.39 Å². The van der Waals surface area contributed by atoms with Crippen molar-refractivity contribution in [2.45, 2.75) is 51.5 Å². The molecule has 2 heteroatoms. The number of halogens is 1. The predicted molar refractivity (Wildman–Crippen MR) is 78.6 cm³/mol. The van der Waals surface area contributed by atoms with Crippen LogP contribution in [0.15, 0.2) is 35.9 Å². The average molecular weight is 261 g/mol. The molecule has 19 heavy (non-hydrogen) atoms. The summed E-state index contributed by atoms with van der Waals surface area (Å²) in [5.74, 6) is -0.140. The van der Waals surface area contributed by atoms with Gasteiger partial charge >= 0.3 is 0 Å². The molecule has 1 aromatic carbocycles. The maximum Gasteiger partial charge on any atom is 0.123 e. The van der Waals surface area contributed by atoms with Crippen LogP contribution in [0.5, 0.6) is 0 Å². The molecule has 0 amide bonds. The summed E-state index contributed by atoms with van der Waals surface area (Å²) in [6.45, 7) is 3.14. The van der Waals surface area contributed by atoms with Crippen LogP contribution in [0.1, 0.15) is 57.1 Å². The highest BCUT2D eigenvalue weighted by Crippen LogP contribution is 2.28. The molecule has 0 aliphatic heterocycles. The van der Waals surface area contributed by atoms with Crippen LogP contribution in [0.25, 0.3) is 0 Å². The summed E-state index contributed by atoms with van der Waals surface area (Å²) >= 11 is 0. The van der Waals surface area contributed by atoms with E-state index in [-0.39, 0.29) is 11.9 Å². The van der Waals surface area contributed by atoms with Gasteiger partial charge in [0.25, 0.3) is 0 Å². The molecule has 0 saturated heterocycles. The van der Waals surface area contributed by atoms with Crippen molar-refractivity contribution in [3.8, 4) is 0 Å². The van der Waals surface area contributed by atoms with Gasteiger partial charge in [-0.1, -0.05) is 30.7 Å². The Hall–Kier alpha value is -1.15. The van der Waals surface area contributed by atoms with Gasteiger partial charge in [-0.15, -0.1) is 0 Å². The normalized spacial score (nSPS) is 17.1. The van der Waals surface area contributed by atoms with Crippen molar-refractivity contribution < 1.29 is 4.39 Å². The SMILES string of the molecule is CCCNC(CC1=CCCCC1)c1cccc(F)c1. The summed E-state index contributed by atoms with van der Waals surface area (Å²) < 4.78 is 13.4. The van der Waals surface area contributed by atoms with E-state index in [0.717, 1.165) is 24.9 Å². The Morgan fingerprint density at radius 1 is 1.32 bits per heavy atom. The number of allylic oxidation sites excluding steroid dienone is 1. The second-order valence-corrected chi connectivity index (χ2v) is 5.37. The van der Waals surface area contributed by atoms with Gasteiger partial charge in [-0.3, -0.25) is 0 Å². The van der Waals surface area contributed by atoms with Gasteiger partial charge in [0, 0.05) is 6.04 Å². The van der Waals surface area contributed by atoms with Crippen molar-refractivity contribution in [3.05, 3.63) is 47.3 Å². The molecule has 0 fully saturated rings. The smallest absolute Gasteiger partial charge is 0.123 e. The van der Waals surface area contributed by atoms with Crippen LogP contribution in [0.3, 0.4) is 0 Å². The van der Waals surface area contributed by atoms with E-state index in [1.165, 1.54) is 37.3 Å². The Labute approximate surface area is 115 Å². The molecule has 1 unspecified atom stereocenters. The van der Waals surface area contributed by atoms with Crippen LogP contribution in [-0.4, -0.2) is 6.54 Å². The van der Waals surface area contributed by atoms with Crippen LogP contribution in [0, 0.1) is 5.82 Å². The van der Waals surface area contributed by atoms with Crippen LogP contribution in [0.4, 0.5) is 4.39 Å².